The van der Waals surface area contributed by atoms with Gasteiger partial charge in [0.25, 0.3) is 0 Å². The molecule has 160 valence electrons. The van der Waals surface area contributed by atoms with Crippen LogP contribution in [0, 0.1) is 0 Å². The van der Waals surface area contributed by atoms with E-state index in [0.29, 0.717) is 19.5 Å². The van der Waals surface area contributed by atoms with E-state index in [2.05, 4.69) is 26.2 Å². The standard InChI is InChI=1S/C23H22BrN3O3S/c24-18-8-10-20(11-9-18)31(29,30)27-14-12-17-5-1-2-7-21(17)22(27)15-23(28)26-16-19-6-3-4-13-25-19/h1-11,13,22H,12,14-16H2,(H,26,28)/t22-/m0/s1. The van der Waals surface area contributed by atoms with Gasteiger partial charge in [0.1, 0.15) is 0 Å². The second-order valence-corrected chi connectivity index (χ2v) is 10.1. The summed E-state index contributed by atoms with van der Waals surface area (Å²) in [6.45, 7) is 0.626. The minimum atomic E-state index is -3.76. The third-order valence-corrected chi connectivity index (χ3v) is 7.81. The fourth-order valence-electron chi connectivity index (χ4n) is 3.81. The van der Waals surface area contributed by atoms with E-state index in [9.17, 15) is 13.2 Å². The van der Waals surface area contributed by atoms with Crippen molar-refractivity contribution in [2.75, 3.05) is 6.54 Å². The molecule has 0 unspecified atom stereocenters. The monoisotopic (exact) mass is 499 g/mol. The van der Waals surface area contributed by atoms with Gasteiger partial charge in [-0.3, -0.25) is 9.78 Å². The summed E-state index contributed by atoms with van der Waals surface area (Å²) in [6.07, 6.45) is 2.32. The Bertz CT molecular complexity index is 1170. The largest absolute Gasteiger partial charge is 0.350 e. The van der Waals surface area contributed by atoms with Crippen molar-refractivity contribution in [2.24, 2.45) is 0 Å². The van der Waals surface area contributed by atoms with Crippen molar-refractivity contribution in [1.29, 1.82) is 0 Å². The summed E-state index contributed by atoms with van der Waals surface area (Å²) in [4.78, 5) is 17.2. The quantitative estimate of drug-likeness (QED) is 0.558. The first-order chi connectivity index (χ1) is 14.9. The SMILES string of the molecule is O=C(C[C@H]1c2ccccc2CCN1S(=O)(=O)c1ccc(Br)cc1)NCc1ccccn1. The average Bonchev–Trinajstić information content (AvgIpc) is 2.79. The molecule has 4 rings (SSSR count). The van der Waals surface area contributed by atoms with E-state index in [-0.39, 0.29) is 17.2 Å². The van der Waals surface area contributed by atoms with Crippen molar-refractivity contribution in [3.05, 3.63) is 94.2 Å². The number of halogens is 1. The van der Waals surface area contributed by atoms with Gasteiger partial charge in [-0.25, -0.2) is 8.42 Å². The number of pyridine rings is 1. The first-order valence-corrected chi connectivity index (χ1v) is 12.2. The van der Waals surface area contributed by atoms with E-state index in [1.807, 2.05) is 42.5 Å². The Balaban J connectivity index is 1.60. The van der Waals surface area contributed by atoms with Crippen molar-refractivity contribution in [3.63, 3.8) is 0 Å². The van der Waals surface area contributed by atoms with Crippen LogP contribution in [0.3, 0.4) is 0 Å². The number of nitrogens with one attached hydrogen (secondary N) is 1. The third kappa shape index (κ3) is 4.87. The molecule has 0 bridgehead atoms. The molecule has 0 aliphatic carbocycles. The van der Waals surface area contributed by atoms with Crippen LogP contribution in [0.5, 0.6) is 0 Å². The molecule has 1 aliphatic heterocycles. The molecule has 1 atom stereocenters. The zero-order valence-electron chi connectivity index (χ0n) is 16.7. The zero-order valence-corrected chi connectivity index (χ0v) is 19.1. The maximum Gasteiger partial charge on any atom is 0.243 e. The molecule has 6 nitrogen and oxygen atoms in total. The number of fused-ring (bicyclic) bond motifs is 1. The highest BCUT2D eigenvalue weighted by Crippen LogP contribution is 2.36. The molecule has 31 heavy (non-hydrogen) atoms. The van der Waals surface area contributed by atoms with Crippen LogP contribution in [-0.4, -0.2) is 30.2 Å². The van der Waals surface area contributed by atoms with Gasteiger partial charge >= 0.3 is 0 Å². The molecular weight excluding hydrogens is 478 g/mol. The number of nitrogens with zero attached hydrogens (tertiary/aromatic N) is 2. The number of hydrogen-bond acceptors (Lipinski definition) is 4. The van der Waals surface area contributed by atoms with Gasteiger partial charge in [0.05, 0.1) is 23.2 Å². The second kappa shape index (κ2) is 9.30. The van der Waals surface area contributed by atoms with Crippen LogP contribution >= 0.6 is 15.9 Å². The molecule has 1 N–H and O–H groups in total. The lowest BCUT2D eigenvalue weighted by atomic mass is 9.92. The first kappa shape index (κ1) is 21.7. The molecule has 0 fully saturated rings. The number of rotatable bonds is 6. The molecule has 1 aromatic heterocycles. The number of amides is 1. The van der Waals surface area contributed by atoms with E-state index < -0.39 is 16.1 Å². The van der Waals surface area contributed by atoms with Crippen molar-refractivity contribution in [2.45, 2.75) is 30.3 Å². The van der Waals surface area contributed by atoms with E-state index >= 15 is 0 Å². The molecule has 0 saturated carbocycles. The Kier molecular flexibility index (Phi) is 6.50. The van der Waals surface area contributed by atoms with Crippen LogP contribution in [0.15, 0.2) is 82.3 Å². The smallest absolute Gasteiger partial charge is 0.243 e. The maximum absolute atomic E-state index is 13.4. The molecule has 3 aromatic rings. The summed E-state index contributed by atoms with van der Waals surface area (Å²) in [5, 5.41) is 2.87. The lowest BCUT2D eigenvalue weighted by Crippen LogP contribution is -2.42. The van der Waals surface area contributed by atoms with Crippen molar-refractivity contribution < 1.29 is 13.2 Å². The Morgan fingerprint density at radius 2 is 1.81 bits per heavy atom. The zero-order chi connectivity index (χ0) is 21.8. The molecule has 0 saturated heterocycles. The predicted molar refractivity (Wildman–Crippen MR) is 122 cm³/mol. The van der Waals surface area contributed by atoms with Gasteiger partial charge in [0.2, 0.25) is 15.9 Å². The molecule has 1 amide bonds. The van der Waals surface area contributed by atoms with Gasteiger partial charge in [0, 0.05) is 23.6 Å². The molecule has 0 radical (unpaired) electrons. The molecule has 2 aromatic carbocycles. The van der Waals surface area contributed by atoms with Crippen LogP contribution in [0.4, 0.5) is 0 Å². The minimum Gasteiger partial charge on any atom is -0.350 e. The molecule has 1 aliphatic rings. The molecular formula is C23H22BrN3O3S. The third-order valence-electron chi connectivity index (χ3n) is 5.36. The number of carbonyl (C=O) groups is 1. The van der Waals surface area contributed by atoms with Gasteiger partial charge in [-0.15, -0.1) is 0 Å². The minimum absolute atomic E-state index is 0.0413. The van der Waals surface area contributed by atoms with E-state index in [0.717, 1.165) is 21.3 Å². The Morgan fingerprint density at radius 3 is 2.55 bits per heavy atom. The topological polar surface area (TPSA) is 79.4 Å². The Labute approximate surface area is 190 Å². The van der Waals surface area contributed by atoms with Gasteiger partial charge in [-0.2, -0.15) is 4.31 Å². The van der Waals surface area contributed by atoms with Crippen LogP contribution in [0.2, 0.25) is 0 Å². The number of aromatic nitrogens is 1. The molecule has 2 heterocycles. The average molecular weight is 500 g/mol. The number of hydrogen-bond donors (Lipinski definition) is 1. The van der Waals surface area contributed by atoms with Crippen molar-refractivity contribution in [3.8, 4) is 0 Å². The first-order valence-electron chi connectivity index (χ1n) is 9.97. The van der Waals surface area contributed by atoms with Crippen molar-refractivity contribution >= 4 is 31.9 Å². The predicted octanol–water partition coefficient (Wildman–Crippen LogP) is 3.84. The number of sulfonamides is 1. The summed E-state index contributed by atoms with van der Waals surface area (Å²) in [7, 11) is -3.76. The lowest BCUT2D eigenvalue weighted by molar-refractivity contribution is -0.122. The van der Waals surface area contributed by atoms with E-state index in [1.165, 1.54) is 4.31 Å². The van der Waals surface area contributed by atoms with E-state index in [4.69, 9.17) is 0 Å². The fraction of sp³-hybridized carbons (Fsp3) is 0.217. The summed E-state index contributed by atoms with van der Waals surface area (Å²) in [5.74, 6) is -0.219. The highest BCUT2D eigenvalue weighted by Gasteiger charge is 2.37. The highest BCUT2D eigenvalue weighted by atomic mass is 79.9. The highest BCUT2D eigenvalue weighted by molar-refractivity contribution is 9.10. The number of benzene rings is 2. The second-order valence-electron chi connectivity index (χ2n) is 7.34. The number of carbonyl (C=O) groups excluding carboxylic acids is 1. The van der Waals surface area contributed by atoms with Gasteiger partial charge < -0.3 is 5.32 Å². The Hall–Kier alpha value is -2.55. The van der Waals surface area contributed by atoms with Crippen LogP contribution in [0.25, 0.3) is 0 Å². The summed E-state index contributed by atoms with van der Waals surface area (Å²) < 4.78 is 29.2. The summed E-state index contributed by atoms with van der Waals surface area (Å²) >= 11 is 3.34. The van der Waals surface area contributed by atoms with Gasteiger partial charge in [-0.05, 0) is 53.9 Å². The molecule has 8 heteroatoms. The van der Waals surface area contributed by atoms with Gasteiger partial charge in [0.15, 0.2) is 0 Å². The van der Waals surface area contributed by atoms with Gasteiger partial charge in [-0.1, -0.05) is 46.3 Å². The van der Waals surface area contributed by atoms with Crippen LogP contribution < -0.4 is 5.32 Å². The summed E-state index contributed by atoms with van der Waals surface area (Å²) in [5.41, 5.74) is 2.70. The Morgan fingerprint density at radius 1 is 1.06 bits per heavy atom. The lowest BCUT2D eigenvalue weighted by Gasteiger charge is -2.36. The van der Waals surface area contributed by atoms with Crippen LogP contribution in [0.1, 0.15) is 29.3 Å². The normalized spacial score (nSPS) is 16.5. The summed E-state index contributed by atoms with van der Waals surface area (Å²) in [6, 6.07) is 19.3. The fourth-order valence-corrected chi connectivity index (χ4v) is 5.68. The molecule has 0 spiro atoms. The maximum atomic E-state index is 13.4. The van der Waals surface area contributed by atoms with Crippen molar-refractivity contribution in [1.82, 2.24) is 14.6 Å². The van der Waals surface area contributed by atoms with Crippen LogP contribution in [-0.2, 0) is 27.8 Å². The van der Waals surface area contributed by atoms with E-state index in [1.54, 1.807) is 30.5 Å².